The van der Waals surface area contributed by atoms with Crippen LogP contribution in [0.5, 0.6) is 5.75 Å². The molecule has 5 rings (SSSR count). The predicted molar refractivity (Wildman–Crippen MR) is 131 cm³/mol. The number of piperazine rings is 1. The van der Waals surface area contributed by atoms with Gasteiger partial charge in [-0.3, -0.25) is 4.79 Å². The second-order valence-corrected chi connectivity index (χ2v) is 8.67. The minimum atomic E-state index is -1.35. The molecule has 0 aliphatic carbocycles. The van der Waals surface area contributed by atoms with Crippen molar-refractivity contribution in [2.75, 3.05) is 37.7 Å². The minimum absolute atomic E-state index is 0.00579. The molecule has 0 radical (unpaired) electrons. The van der Waals surface area contributed by atoms with Crippen LogP contribution < -0.4 is 10.3 Å². The molecule has 2 N–H and O–H groups in total. The number of rotatable bonds is 5. The minimum Gasteiger partial charge on any atom is -0.507 e. The quantitative estimate of drug-likeness (QED) is 0.522. The van der Waals surface area contributed by atoms with E-state index in [9.17, 15) is 24.6 Å². The van der Waals surface area contributed by atoms with Gasteiger partial charge in [0.15, 0.2) is 0 Å². The maximum absolute atomic E-state index is 15.2. The normalized spacial score (nSPS) is 16.1. The lowest BCUT2D eigenvalue weighted by atomic mass is 10.0. The van der Waals surface area contributed by atoms with E-state index in [1.54, 1.807) is 28.8 Å². The average Bonchev–Trinajstić information content (AvgIpc) is 3.25. The summed E-state index contributed by atoms with van der Waals surface area (Å²) in [7, 11) is 0. The number of esters is 1. The van der Waals surface area contributed by atoms with E-state index in [4.69, 9.17) is 4.74 Å². The molecule has 2 aromatic carbocycles. The zero-order valence-electron chi connectivity index (χ0n) is 19.5. The number of benzene rings is 2. The van der Waals surface area contributed by atoms with Gasteiger partial charge < -0.3 is 29.3 Å². The number of nitrogens with zero attached hydrogens (tertiary/aromatic N) is 3. The predicted octanol–water partition coefficient (Wildman–Crippen LogP) is 2.65. The number of carboxylic acid groups (broad SMARTS) is 1. The summed E-state index contributed by atoms with van der Waals surface area (Å²) in [6.07, 6.45) is 1.29. The number of hydrogen-bond acceptors (Lipinski definition) is 7. The van der Waals surface area contributed by atoms with Crippen LogP contribution >= 0.6 is 0 Å². The summed E-state index contributed by atoms with van der Waals surface area (Å²) >= 11 is 0. The summed E-state index contributed by atoms with van der Waals surface area (Å²) in [5.74, 6) is -2.45. The number of phenols is 1. The highest BCUT2D eigenvalue weighted by Gasteiger charge is 2.33. The molecule has 9 nitrogen and oxygen atoms in total. The van der Waals surface area contributed by atoms with Gasteiger partial charge in [-0.1, -0.05) is 18.2 Å². The number of aromatic nitrogens is 1. The van der Waals surface area contributed by atoms with E-state index < -0.39 is 28.7 Å². The van der Waals surface area contributed by atoms with Gasteiger partial charge in [0.1, 0.15) is 23.7 Å². The number of aromatic carboxylic acids is 1. The fourth-order valence-electron chi connectivity index (χ4n) is 4.87. The van der Waals surface area contributed by atoms with Gasteiger partial charge in [-0.2, -0.15) is 0 Å². The van der Waals surface area contributed by atoms with E-state index in [1.165, 1.54) is 12.3 Å². The SMILES string of the molecule is CCn1cc(C(=O)O)c(=O)c2cc(F)c(N3CCN(C4=C(c5ccccc5O)C(=O)OC4)CC3)cc21. The fraction of sp³-hybridized carbons (Fsp3) is 0.269. The van der Waals surface area contributed by atoms with Gasteiger partial charge in [-0.15, -0.1) is 0 Å². The van der Waals surface area contributed by atoms with Gasteiger partial charge in [0.05, 0.1) is 22.5 Å². The number of phenolic OH excluding ortho intramolecular Hbond substituents is 1. The number of hydrogen-bond donors (Lipinski definition) is 2. The van der Waals surface area contributed by atoms with Crippen LogP contribution in [0.4, 0.5) is 10.1 Å². The first-order chi connectivity index (χ1) is 17.3. The van der Waals surface area contributed by atoms with Crippen molar-refractivity contribution in [3.05, 3.63) is 75.5 Å². The summed E-state index contributed by atoms with van der Waals surface area (Å²) in [6.45, 7) is 4.18. The number of carboxylic acids is 1. The number of aromatic hydroxyl groups is 1. The topological polar surface area (TPSA) is 112 Å². The number of carbonyl (C=O) groups is 2. The highest BCUT2D eigenvalue weighted by atomic mass is 19.1. The smallest absolute Gasteiger partial charge is 0.341 e. The van der Waals surface area contributed by atoms with Gasteiger partial charge in [0.25, 0.3) is 0 Å². The summed E-state index contributed by atoms with van der Waals surface area (Å²) in [6, 6.07) is 9.30. The lowest BCUT2D eigenvalue weighted by Crippen LogP contribution is -2.46. The number of fused-ring (bicyclic) bond motifs is 1. The molecule has 0 atom stereocenters. The number of ether oxygens (including phenoxy) is 1. The Balaban J connectivity index is 1.45. The Kier molecular flexibility index (Phi) is 5.87. The Morgan fingerprint density at radius 2 is 1.78 bits per heavy atom. The molecule has 2 aliphatic heterocycles. The van der Waals surface area contributed by atoms with Crippen molar-refractivity contribution >= 4 is 34.1 Å². The molecule has 36 heavy (non-hydrogen) atoms. The van der Waals surface area contributed by atoms with Gasteiger partial charge >= 0.3 is 11.9 Å². The van der Waals surface area contributed by atoms with Crippen LogP contribution in [0.1, 0.15) is 22.8 Å². The molecular weight excluding hydrogens is 469 g/mol. The third kappa shape index (κ3) is 3.84. The van der Waals surface area contributed by atoms with Crippen LogP contribution in [0.15, 0.2) is 53.1 Å². The summed E-state index contributed by atoms with van der Waals surface area (Å²) in [4.78, 5) is 40.4. The molecule has 1 aromatic heterocycles. The number of halogens is 1. The lowest BCUT2D eigenvalue weighted by molar-refractivity contribution is -0.134. The van der Waals surface area contributed by atoms with Crippen LogP contribution in [-0.4, -0.2) is 64.4 Å². The van der Waals surface area contributed by atoms with E-state index in [1.807, 2.05) is 16.7 Å². The first-order valence-electron chi connectivity index (χ1n) is 11.6. The van der Waals surface area contributed by atoms with E-state index in [-0.39, 0.29) is 17.7 Å². The van der Waals surface area contributed by atoms with Gasteiger partial charge in [0.2, 0.25) is 5.43 Å². The van der Waals surface area contributed by atoms with Crippen LogP contribution in [0.25, 0.3) is 16.5 Å². The molecular formula is C26H24FN3O6. The van der Waals surface area contributed by atoms with Crippen molar-refractivity contribution in [3.8, 4) is 5.75 Å². The van der Waals surface area contributed by atoms with Crippen molar-refractivity contribution in [3.63, 3.8) is 0 Å². The number of anilines is 1. The molecule has 186 valence electrons. The monoisotopic (exact) mass is 493 g/mol. The standard InChI is InChI=1S/C26H24FN3O6/c1-2-28-13-17(25(33)34)24(32)16-11-18(27)20(12-19(16)28)29-7-9-30(10-8-29)21-14-36-26(35)23(21)15-5-3-4-6-22(15)31/h3-6,11-13,31H,2,7-10,14H2,1H3,(H,33,34). The van der Waals surface area contributed by atoms with Crippen LogP contribution in [0, 0.1) is 5.82 Å². The van der Waals surface area contributed by atoms with Crippen molar-refractivity contribution in [2.45, 2.75) is 13.5 Å². The van der Waals surface area contributed by atoms with Gasteiger partial charge in [0, 0.05) is 49.9 Å². The Morgan fingerprint density at radius 1 is 1.08 bits per heavy atom. The highest BCUT2D eigenvalue weighted by Crippen LogP contribution is 2.34. The van der Waals surface area contributed by atoms with Gasteiger partial charge in [-0.25, -0.2) is 14.0 Å². The fourth-order valence-corrected chi connectivity index (χ4v) is 4.87. The molecule has 3 heterocycles. The maximum atomic E-state index is 15.2. The molecule has 3 aromatic rings. The van der Waals surface area contributed by atoms with Crippen molar-refractivity contribution in [1.82, 2.24) is 9.47 Å². The lowest BCUT2D eigenvalue weighted by Gasteiger charge is -2.38. The van der Waals surface area contributed by atoms with E-state index >= 15 is 4.39 Å². The Bertz CT molecular complexity index is 1490. The molecule has 1 fully saturated rings. The third-order valence-electron chi connectivity index (χ3n) is 6.73. The van der Waals surface area contributed by atoms with Crippen LogP contribution in [-0.2, 0) is 16.1 Å². The number of pyridine rings is 1. The highest BCUT2D eigenvalue weighted by molar-refractivity contribution is 6.20. The molecule has 2 aliphatic rings. The number of aryl methyl sites for hydroxylation is 1. The Labute approximate surface area is 205 Å². The summed E-state index contributed by atoms with van der Waals surface area (Å²) in [5.41, 5.74) is 1.10. The van der Waals surface area contributed by atoms with Gasteiger partial charge in [-0.05, 0) is 25.1 Å². The Morgan fingerprint density at radius 3 is 2.44 bits per heavy atom. The van der Waals surface area contributed by atoms with Crippen molar-refractivity contribution in [1.29, 1.82) is 0 Å². The molecule has 1 saturated heterocycles. The molecule has 10 heteroatoms. The largest absolute Gasteiger partial charge is 0.507 e. The first kappa shape index (κ1) is 23.4. The molecule has 0 spiro atoms. The molecule has 0 unspecified atom stereocenters. The summed E-state index contributed by atoms with van der Waals surface area (Å²) in [5, 5.41) is 19.6. The Hall–Kier alpha value is -4.34. The first-order valence-corrected chi connectivity index (χ1v) is 11.6. The zero-order chi connectivity index (χ0) is 25.6. The van der Waals surface area contributed by atoms with Crippen molar-refractivity contribution < 1.29 is 28.9 Å². The number of para-hydroxylation sites is 1. The van der Waals surface area contributed by atoms with E-state index in [0.717, 1.165) is 6.07 Å². The third-order valence-corrected chi connectivity index (χ3v) is 6.73. The molecule has 0 saturated carbocycles. The molecule has 0 amide bonds. The second kappa shape index (κ2) is 9.03. The zero-order valence-corrected chi connectivity index (χ0v) is 19.5. The summed E-state index contributed by atoms with van der Waals surface area (Å²) < 4.78 is 22.1. The molecule has 0 bridgehead atoms. The second-order valence-electron chi connectivity index (χ2n) is 8.67. The number of carbonyl (C=O) groups excluding carboxylic acids is 1. The van der Waals surface area contributed by atoms with Crippen LogP contribution in [0.3, 0.4) is 0 Å². The van der Waals surface area contributed by atoms with E-state index in [2.05, 4.69) is 0 Å². The average molecular weight is 493 g/mol. The van der Waals surface area contributed by atoms with E-state index in [0.29, 0.717) is 60.8 Å². The maximum Gasteiger partial charge on any atom is 0.341 e. The number of cyclic esters (lactones) is 1. The van der Waals surface area contributed by atoms with Crippen LogP contribution in [0.2, 0.25) is 0 Å². The van der Waals surface area contributed by atoms with Crippen molar-refractivity contribution in [2.24, 2.45) is 0 Å².